The maximum Gasteiger partial charge on any atom is 0.228 e. The van der Waals surface area contributed by atoms with Gasteiger partial charge in [0.25, 0.3) is 0 Å². The molecule has 0 atom stereocenters. The standard InChI is InChI=1S/C23H26N4O3/c1-26-9-11-27(12-10-26)20-15-19(3-4-21(20)29-2)25-23(28)14-17-13-22(30-16-17)18-5-7-24-8-6-18/h3-8,13,15-16H,9-12,14H2,1-2H3,(H,25,28). The van der Waals surface area contributed by atoms with Crippen molar-refractivity contribution in [3.8, 4) is 17.1 Å². The molecule has 4 rings (SSSR count). The fourth-order valence-corrected chi connectivity index (χ4v) is 3.59. The Hall–Kier alpha value is -3.32. The predicted octanol–water partition coefficient (Wildman–Crippen LogP) is 3.28. The summed E-state index contributed by atoms with van der Waals surface area (Å²) in [6, 6.07) is 11.4. The topological polar surface area (TPSA) is 70.8 Å². The van der Waals surface area contributed by atoms with E-state index in [1.54, 1.807) is 25.8 Å². The van der Waals surface area contributed by atoms with E-state index in [9.17, 15) is 4.79 Å². The third-order valence-electron chi connectivity index (χ3n) is 5.29. The van der Waals surface area contributed by atoms with E-state index in [0.717, 1.165) is 60.2 Å². The van der Waals surface area contributed by atoms with Crippen LogP contribution in [0, 0.1) is 0 Å². The third kappa shape index (κ3) is 4.63. The number of hydrogen-bond donors (Lipinski definition) is 1. The van der Waals surface area contributed by atoms with Crippen LogP contribution in [0.15, 0.2) is 59.5 Å². The number of amides is 1. The number of ether oxygens (including phenoxy) is 1. The number of nitrogens with zero attached hydrogens (tertiary/aromatic N) is 3. The second-order valence-corrected chi connectivity index (χ2v) is 7.46. The number of nitrogens with one attached hydrogen (secondary N) is 1. The van der Waals surface area contributed by atoms with Crippen LogP contribution in [0.2, 0.25) is 0 Å². The number of anilines is 2. The molecule has 0 spiro atoms. The number of carbonyl (C=O) groups is 1. The molecule has 0 bridgehead atoms. The van der Waals surface area contributed by atoms with Crippen LogP contribution in [0.1, 0.15) is 5.56 Å². The Bertz CT molecular complexity index is 995. The number of furan rings is 1. The summed E-state index contributed by atoms with van der Waals surface area (Å²) in [5, 5.41) is 3.00. The second-order valence-electron chi connectivity index (χ2n) is 7.46. The van der Waals surface area contributed by atoms with Gasteiger partial charge in [-0.2, -0.15) is 0 Å². The molecule has 1 aromatic carbocycles. The smallest absolute Gasteiger partial charge is 0.228 e. The molecular weight excluding hydrogens is 380 g/mol. The average Bonchev–Trinajstić information content (AvgIpc) is 3.23. The fraction of sp³-hybridized carbons (Fsp3) is 0.304. The third-order valence-corrected chi connectivity index (χ3v) is 5.29. The number of benzene rings is 1. The molecule has 1 saturated heterocycles. The van der Waals surface area contributed by atoms with Gasteiger partial charge in [0, 0.05) is 55.4 Å². The van der Waals surface area contributed by atoms with Crippen molar-refractivity contribution in [3.05, 3.63) is 60.6 Å². The highest BCUT2D eigenvalue weighted by atomic mass is 16.5. The van der Waals surface area contributed by atoms with Crippen LogP contribution in [0.3, 0.4) is 0 Å². The Balaban J connectivity index is 1.43. The van der Waals surface area contributed by atoms with Crippen molar-refractivity contribution in [2.24, 2.45) is 0 Å². The molecule has 2 aromatic heterocycles. The van der Waals surface area contributed by atoms with Crippen LogP contribution < -0.4 is 15.0 Å². The minimum Gasteiger partial charge on any atom is -0.495 e. The average molecular weight is 406 g/mol. The van der Waals surface area contributed by atoms with Gasteiger partial charge in [0.2, 0.25) is 5.91 Å². The van der Waals surface area contributed by atoms with Gasteiger partial charge in [0.15, 0.2) is 0 Å². The lowest BCUT2D eigenvalue weighted by atomic mass is 10.1. The van der Waals surface area contributed by atoms with Gasteiger partial charge in [0.1, 0.15) is 11.5 Å². The summed E-state index contributed by atoms with van der Waals surface area (Å²) in [6.07, 6.45) is 5.29. The fourth-order valence-electron chi connectivity index (χ4n) is 3.59. The summed E-state index contributed by atoms with van der Waals surface area (Å²) in [4.78, 5) is 21.2. The van der Waals surface area contributed by atoms with Crippen molar-refractivity contribution in [3.63, 3.8) is 0 Å². The molecule has 0 aliphatic carbocycles. The molecule has 1 amide bonds. The van der Waals surface area contributed by atoms with E-state index in [1.807, 2.05) is 36.4 Å². The first-order chi connectivity index (χ1) is 14.6. The quantitative estimate of drug-likeness (QED) is 0.677. The van der Waals surface area contributed by atoms with Gasteiger partial charge in [-0.05, 0) is 43.4 Å². The summed E-state index contributed by atoms with van der Waals surface area (Å²) < 4.78 is 11.1. The highest BCUT2D eigenvalue weighted by Gasteiger charge is 2.18. The van der Waals surface area contributed by atoms with Crippen LogP contribution in [-0.4, -0.2) is 56.1 Å². The van der Waals surface area contributed by atoms with Gasteiger partial charge in [-0.15, -0.1) is 0 Å². The van der Waals surface area contributed by atoms with Crippen molar-refractivity contribution >= 4 is 17.3 Å². The predicted molar refractivity (Wildman–Crippen MR) is 117 cm³/mol. The number of carbonyl (C=O) groups excluding carboxylic acids is 1. The van der Waals surface area contributed by atoms with Crippen LogP contribution in [-0.2, 0) is 11.2 Å². The van der Waals surface area contributed by atoms with E-state index in [0.29, 0.717) is 0 Å². The molecule has 7 nitrogen and oxygen atoms in total. The lowest BCUT2D eigenvalue weighted by Crippen LogP contribution is -2.44. The molecule has 156 valence electrons. The molecule has 0 saturated carbocycles. The lowest BCUT2D eigenvalue weighted by Gasteiger charge is -2.34. The van der Waals surface area contributed by atoms with Gasteiger partial charge >= 0.3 is 0 Å². The normalized spacial score (nSPS) is 14.5. The molecular formula is C23H26N4O3. The van der Waals surface area contributed by atoms with Crippen molar-refractivity contribution in [2.75, 3.05) is 50.6 Å². The molecule has 1 N–H and O–H groups in total. The summed E-state index contributed by atoms with van der Waals surface area (Å²) in [5.74, 6) is 1.45. The number of methoxy groups -OCH3 is 1. The highest BCUT2D eigenvalue weighted by Crippen LogP contribution is 2.32. The van der Waals surface area contributed by atoms with Crippen molar-refractivity contribution < 1.29 is 13.9 Å². The van der Waals surface area contributed by atoms with Crippen molar-refractivity contribution in [1.29, 1.82) is 0 Å². The Labute approximate surface area is 176 Å². The molecule has 30 heavy (non-hydrogen) atoms. The molecule has 3 heterocycles. The first kappa shape index (κ1) is 20.0. The van der Waals surface area contributed by atoms with Gasteiger partial charge in [0.05, 0.1) is 25.5 Å². The molecule has 0 radical (unpaired) electrons. The monoisotopic (exact) mass is 406 g/mol. The summed E-state index contributed by atoms with van der Waals surface area (Å²) in [5.41, 5.74) is 3.52. The van der Waals surface area contributed by atoms with Gasteiger partial charge < -0.3 is 24.3 Å². The molecule has 7 heteroatoms. The zero-order chi connectivity index (χ0) is 20.9. The Morgan fingerprint density at radius 1 is 1.13 bits per heavy atom. The van der Waals surface area contributed by atoms with Crippen LogP contribution in [0.25, 0.3) is 11.3 Å². The maximum absolute atomic E-state index is 12.6. The largest absolute Gasteiger partial charge is 0.495 e. The summed E-state index contributed by atoms with van der Waals surface area (Å²) in [6.45, 7) is 3.86. The number of rotatable bonds is 6. The van der Waals surface area contributed by atoms with Gasteiger partial charge in [-0.3, -0.25) is 9.78 Å². The molecule has 1 aliphatic rings. The number of piperazine rings is 1. The molecule has 1 fully saturated rings. The van der Waals surface area contributed by atoms with Crippen LogP contribution in [0.4, 0.5) is 11.4 Å². The summed E-state index contributed by atoms with van der Waals surface area (Å²) >= 11 is 0. The second kappa shape index (κ2) is 9.00. The minimum absolute atomic E-state index is 0.0911. The van der Waals surface area contributed by atoms with E-state index in [1.165, 1.54) is 0 Å². The lowest BCUT2D eigenvalue weighted by molar-refractivity contribution is -0.115. The molecule has 0 unspecified atom stereocenters. The number of likely N-dealkylation sites (N-methyl/N-ethyl adjacent to an activating group) is 1. The van der Waals surface area contributed by atoms with E-state index in [-0.39, 0.29) is 12.3 Å². The first-order valence-corrected chi connectivity index (χ1v) is 10.0. The van der Waals surface area contributed by atoms with Crippen LogP contribution in [0.5, 0.6) is 5.75 Å². The zero-order valence-electron chi connectivity index (χ0n) is 17.3. The Kier molecular flexibility index (Phi) is 5.99. The van der Waals surface area contributed by atoms with E-state index < -0.39 is 0 Å². The van der Waals surface area contributed by atoms with Crippen molar-refractivity contribution in [2.45, 2.75) is 6.42 Å². The minimum atomic E-state index is -0.0911. The van der Waals surface area contributed by atoms with Crippen molar-refractivity contribution in [1.82, 2.24) is 9.88 Å². The Morgan fingerprint density at radius 3 is 2.63 bits per heavy atom. The van der Waals surface area contributed by atoms with E-state index in [4.69, 9.17) is 9.15 Å². The van der Waals surface area contributed by atoms with Gasteiger partial charge in [-0.1, -0.05) is 0 Å². The Morgan fingerprint density at radius 2 is 1.90 bits per heavy atom. The zero-order valence-corrected chi connectivity index (χ0v) is 17.3. The number of aromatic nitrogens is 1. The molecule has 3 aromatic rings. The maximum atomic E-state index is 12.6. The molecule has 1 aliphatic heterocycles. The van der Waals surface area contributed by atoms with E-state index >= 15 is 0 Å². The van der Waals surface area contributed by atoms with Crippen LogP contribution >= 0.6 is 0 Å². The SMILES string of the molecule is COc1ccc(NC(=O)Cc2coc(-c3ccncc3)c2)cc1N1CCN(C)CC1. The van der Waals surface area contributed by atoms with E-state index in [2.05, 4.69) is 27.1 Å². The highest BCUT2D eigenvalue weighted by molar-refractivity contribution is 5.93. The first-order valence-electron chi connectivity index (χ1n) is 10.0. The van der Waals surface area contributed by atoms with Gasteiger partial charge in [-0.25, -0.2) is 0 Å². The number of hydrogen-bond acceptors (Lipinski definition) is 6. The summed E-state index contributed by atoms with van der Waals surface area (Å²) in [7, 11) is 3.80. The number of pyridine rings is 1.